The van der Waals surface area contributed by atoms with Gasteiger partial charge in [0, 0.05) is 23.7 Å². The Morgan fingerprint density at radius 3 is 2.75 bits per heavy atom. The molecule has 1 rings (SSSR count). The monoisotopic (exact) mass is 318 g/mol. The molecule has 0 aliphatic carbocycles. The Morgan fingerprint density at radius 2 is 2.10 bits per heavy atom. The summed E-state index contributed by atoms with van der Waals surface area (Å²) in [7, 11) is 1.82. The van der Waals surface area contributed by atoms with E-state index >= 15 is 0 Å². The molecule has 0 bridgehead atoms. The SMILES string of the molecule is CCCCNC(=O)COc1c(Cl)cc(Cl)cc1CNC. The number of hydrogen-bond acceptors (Lipinski definition) is 3. The van der Waals surface area contributed by atoms with Gasteiger partial charge in [-0.15, -0.1) is 0 Å². The third-order valence-electron chi connectivity index (χ3n) is 2.65. The van der Waals surface area contributed by atoms with Gasteiger partial charge in [-0.25, -0.2) is 0 Å². The average Bonchev–Trinajstić information content (AvgIpc) is 2.38. The third kappa shape index (κ3) is 5.57. The van der Waals surface area contributed by atoms with Gasteiger partial charge in [0.1, 0.15) is 5.75 Å². The molecule has 0 saturated carbocycles. The van der Waals surface area contributed by atoms with Crippen LogP contribution in [-0.4, -0.2) is 26.1 Å². The molecule has 1 amide bonds. The fourth-order valence-electron chi connectivity index (χ4n) is 1.69. The van der Waals surface area contributed by atoms with Crippen LogP contribution >= 0.6 is 23.2 Å². The van der Waals surface area contributed by atoms with Crippen molar-refractivity contribution in [1.82, 2.24) is 10.6 Å². The molecule has 0 aromatic heterocycles. The summed E-state index contributed by atoms with van der Waals surface area (Å²) in [6.07, 6.45) is 1.99. The second-order valence-electron chi connectivity index (χ2n) is 4.40. The van der Waals surface area contributed by atoms with Crippen LogP contribution in [0.3, 0.4) is 0 Å². The van der Waals surface area contributed by atoms with Gasteiger partial charge in [0.05, 0.1) is 5.02 Å². The number of benzene rings is 1. The number of carbonyl (C=O) groups excluding carboxylic acids is 1. The molecule has 6 heteroatoms. The van der Waals surface area contributed by atoms with Gasteiger partial charge in [0.25, 0.3) is 5.91 Å². The Morgan fingerprint density at radius 1 is 1.35 bits per heavy atom. The summed E-state index contributed by atoms with van der Waals surface area (Å²) in [4.78, 5) is 11.6. The lowest BCUT2D eigenvalue weighted by molar-refractivity contribution is -0.123. The number of amides is 1. The molecule has 20 heavy (non-hydrogen) atoms. The molecule has 0 saturated heterocycles. The lowest BCUT2D eigenvalue weighted by Crippen LogP contribution is -2.29. The van der Waals surface area contributed by atoms with E-state index in [1.807, 2.05) is 7.05 Å². The first-order chi connectivity index (χ1) is 9.58. The van der Waals surface area contributed by atoms with Crippen molar-refractivity contribution in [2.24, 2.45) is 0 Å². The number of rotatable bonds is 8. The standard InChI is InChI=1S/C14H20Cl2N2O2/c1-3-4-5-18-13(19)9-20-14-10(8-17-2)6-11(15)7-12(14)16/h6-7,17H,3-5,8-9H2,1-2H3,(H,18,19). The fraction of sp³-hybridized carbons (Fsp3) is 0.500. The highest BCUT2D eigenvalue weighted by atomic mass is 35.5. The molecular weight excluding hydrogens is 299 g/mol. The van der Waals surface area contributed by atoms with E-state index < -0.39 is 0 Å². The predicted molar refractivity (Wildman–Crippen MR) is 82.6 cm³/mol. The van der Waals surface area contributed by atoms with Crippen molar-refractivity contribution in [3.8, 4) is 5.75 Å². The third-order valence-corrected chi connectivity index (χ3v) is 3.15. The van der Waals surface area contributed by atoms with Gasteiger partial charge in [-0.2, -0.15) is 0 Å². The van der Waals surface area contributed by atoms with Crippen LogP contribution in [0.15, 0.2) is 12.1 Å². The lowest BCUT2D eigenvalue weighted by Gasteiger charge is -2.13. The highest BCUT2D eigenvalue weighted by molar-refractivity contribution is 6.35. The number of unbranched alkanes of at least 4 members (excludes halogenated alkanes) is 1. The molecule has 0 aliphatic heterocycles. The van der Waals surface area contributed by atoms with Crippen LogP contribution in [0.4, 0.5) is 0 Å². The summed E-state index contributed by atoms with van der Waals surface area (Å²) in [6, 6.07) is 3.38. The fourth-order valence-corrected chi connectivity index (χ4v) is 2.28. The largest absolute Gasteiger partial charge is 0.482 e. The van der Waals surface area contributed by atoms with Crippen molar-refractivity contribution in [3.05, 3.63) is 27.7 Å². The number of nitrogens with one attached hydrogen (secondary N) is 2. The van der Waals surface area contributed by atoms with Crippen LogP contribution in [0, 0.1) is 0 Å². The Kier molecular flexibility index (Phi) is 7.73. The first-order valence-electron chi connectivity index (χ1n) is 6.60. The average molecular weight is 319 g/mol. The summed E-state index contributed by atoms with van der Waals surface area (Å²) in [5.41, 5.74) is 0.825. The van der Waals surface area contributed by atoms with Gasteiger partial charge < -0.3 is 15.4 Å². The molecule has 1 aromatic rings. The molecule has 1 aromatic carbocycles. The number of ether oxygens (including phenoxy) is 1. The Bertz CT molecular complexity index is 453. The van der Waals surface area contributed by atoms with Crippen LogP contribution in [0.25, 0.3) is 0 Å². The molecule has 2 N–H and O–H groups in total. The number of hydrogen-bond donors (Lipinski definition) is 2. The van der Waals surface area contributed by atoms with Gasteiger partial charge in [-0.05, 0) is 25.6 Å². The van der Waals surface area contributed by atoms with Crippen molar-refractivity contribution in [1.29, 1.82) is 0 Å². The van der Waals surface area contributed by atoms with Gasteiger partial charge >= 0.3 is 0 Å². The maximum Gasteiger partial charge on any atom is 0.257 e. The maximum atomic E-state index is 11.6. The van der Waals surface area contributed by atoms with Crippen molar-refractivity contribution in [3.63, 3.8) is 0 Å². The molecule has 0 radical (unpaired) electrons. The van der Waals surface area contributed by atoms with Gasteiger partial charge in [0.15, 0.2) is 6.61 Å². The molecule has 0 atom stereocenters. The first-order valence-corrected chi connectivity index (χ1v) is 7.36. The minimum absolute atomic E-state index is 0.0538. The van der Waals surface area contributed by atoms with E-state index in [1.54, 1.807) is 12.1 Å². The van der Waals surface area contributed by atoms with E-state index in [4.69, 9.17) is 27.9 Å². The van der Waals surface area contributed by atoms with Crippen molar-refractivity contribution in [2.75, 3.05) is 20.2 Å². The summed E-state index contributed by atoms with van der Waals surface area (Å²) in [6.45, 7) is 3.24. The van der Waals surface area contributed by atoms with E-state index in [0.717, 1.165) is 18.4 Å². The summed E-state index contributed by atoms with van der Waals surface area (Å²) in [5, 5.41) is 6.75. The second-order valence-corrected chi connectivity index (χ2v) is 5.24. The van der Waals surface area contributed by atoms with Crippen LogP contribution in [-0.2, 0) is 11.3 Å². The number of carbonyl (C=O) groups is 1. The minimum atomic E-state index is -0.153. The van der Waals surface area contributed by atoms with Crippen molar-refractivity contribution < 1.29 is 9.53 Å². The molecule has 0 fully saturated rings. The summed E-state index contributed by atoms with van der Waals surface area (Å²) >= 11 is 12.1. The number of halogens is 2. The topological polar surface area (TPSA) is 50.4 Å². The lowest BCUT2D eigenvalue weighted by atomic mass is 10.2. The van der Waals surface area contributed by atoms with Crippen molar-refractivity contribution >= 4 is 29.1 Å². The second kappa shape index (κ2) is 9.06. The van der Waals surface area contributed by atoms with E-state index in [9.17, 15) is 4.79 Å². The normalized spacial score (nSPS) is 10.4. The van der Waals surface area contributed by atoms with E-state index in [1.165, 1.54) is 0 Å². The zero-order valence-corrected chi connectivity index (χ0v) is 13.3. The van der Waals surface area contributed by atoms with Crippen LogP contribution in [0.5, 0.6) is 5.75 Å². The molecule has 112 valence electrons. The van der Waals surface area contributed by atoms with Crippen LogP contribution in [0.2, 0.25) is 10.0 Å². The molecular formula is C14H20Cl2N2O2. The maximum absolute atomic E-state index is 11.6. The van der Waals surface area contributed by atoms with E-state index in [-0.39, 0.29) is 12.5 Å². The van der Waals surface area contributed by atoms with Gasteiger partial charge in [-0.1, -0.05) is 36.5 Å². The molecule has 4 nitrogen and oxygen atoms in total. The molecule has 0 unspecified atom stereocenters. The van der Waals surface area contributed by atoms with Gasteiger partial charge in [0.2, 0.25) is 0 Å². The Balaban J connectivity index is 2.64. The molecule has 0 spiro atoms. The summed E-state index contributed by atoms with van der Waals surface area (Å²) < 4.78 is 5.53. The first kappa shape index (κ1) is 17.1. The smallest absolute Gasteiger partial charge is 0.257 e. The van der Waals surface area contributed by atoms with E-state index in [2.05, 4.69) is 17.6 Å². The summed E-state index contributed by atoms with van der Waals surface area (Å²) in [5.74, 6) is 0.343. The van der Waals surface area contributed by atoms with E-state index in [0.29, 0.717) is 28.9 Å². The molecule has 0 aliphatic rings. The molecule has 0 heterocycles. The highest BCUT2D eigenvalue weighted by Crippen LogP contribution is 2.32. The Labute approximate surface area is 129 Å². The van der Waals surface area contributed by atoms with Crippen molar-refractivity contribution in [2.45, 2.75) is 26.3 Å². The zero-order chi connectivity index (χ0) is 15.0. The van der Waals surface area contributed by atoms with Crippen LogP contribution < -0.4 is 15.4 Å². The minimum Gasteiger partial charge on any atom is -0.482 e. The van der Waals surface area contributed by atoms with Gasteiger partial charge in [-0.3, -0.25) is 4.79 Å². The van der Waals surface area contributed by atoms with Crippen LogP contribution in [0.1, 0.15) is 25.3 Å². The Hall–Kier alpha value is -0.970. The highest BCUT2D eigenvalue weighted by Gasteiger charge is 2.12. The predicted octanol–water partition coefficient (Wildman–Crippen LogP) is 3.01. The zero-order valence-electron chi connectivity index (χ0n) is 11.8. The quantitative estimate of drug-likeness (QED) is 0.724.